The van der Waals surface area contributed by atoms with Crippen LogP contribution in [0.4, 0.5) is 5.13 Å². The third-order valence-electron chi connectivity index (χ3n) is 4.99. The van der Waals surface area contributed by atoms with E-state index in [2.05, 4.69) is 44.1 Å². The highest BCUT2D eigenvalue weighted by atomic mass is 35.5. The number of rotatable bonds is 6. The molecule has 0 fully saturated rings. The summed E-state index contributed by atoms with van der Waals surface area (Å²) < 4.78 is 1.11. The van der Waals surface area contributed by atoms with Crippen LogP contribution in [0, 0.1) is 6.92 Å². The van der Waals surface area contributed by atoms with E-state index in [9.17, 15) is 4.79 Å². The number of anilines is 1. The first-order valence-electron chi connectivity index (χ1n) is 9.84. The molecule has 0 saturated carbocycles. The van der Waals surface area contributed by atoms with Crippen molar-refractivity contribution in [1.29, 1.82) is 0 Å². The van der Waals surface area contributed by atoms with Crippen molar-refractivity contribution < 1.29 is 4.79 Å². The third kappa shape index (κ3) is 4.81. The molecule has 0 spiro atoms. The highest BCUT2D eigenvalue weighted by molar-refractivity contribution is 7.22. The van der Waals surface area contributed by atoms with E-state index in [1.54, 1.807) is 11.3 Å². The summed E-state index contributed by atoms with van der Waals surface area (Å²) >= 11 is 1.59. The minimum absolute atomic E-state index is 0. The molecule has 1 aromatic heterocycles. The van der Waals surface area contributed by atoms with Gasteiger partial charge >= 0.3 is 0 Å². The predicted molar refractivity (Wildman–Crippen MR) is 130 cm³/mol. The molecule has 0 N–H and O–H groups in total. The van der Waals surface area contributed by atoms with Crippen molar-refractivity contribution in [2.75, 3.05) is 32.1 Å². The first kappa shape index (κ1) is 22.2. The molecule has 0 aliphatic heterocycles. The Bertz CT molecular complexity index is 1170. The molecule has 0 radical (unpaired) electrons. The zero-order chi connectivity index (χ0) is 20.4. The summed E-state index contributed by atoms with van der Waals surface area (Å²) in [5.41, 5.74) is 2.84. The van der Waals surface area contributed by atoms with Gasteiger partial charge in [-0.05, 0) is 74.6 Å². The number of carbonyl (C=O) groups is 1. The van der Waals surface area contributed by atoms with Gasteiger partial charge in [0.15, 0.2) is 5.13 Å². The molecule has 1 amide bonds. The molecule has 30 heavy (non-hydrogen) atoms. The summed E-state index contributed by atoms with van der Waals surface area (Å²) in [5.74, 6) is 0.00490. The van der Waals surface area contributed by atoms with Crippen LogP contribution >= 0.6 is 23.7 Å². The van der Waals surface area contributed by atoms with Crippen LogP contribution in [0.2, 0.25) is 0 Å². The van der Waals surface area contributed by atoms with Gasteiger partial charge in [0.1, 0.15) is 0 Å². The lowest BCUT2D eigenvalue weighted by atomic mass is 10.1. The average Bonchev–Trinajstić information content (AvgIpc) is 3.13. The number of hydrogen-bond donors (Lipinski definition) is 0. The van der Waals surface area contributed by atoms with Crippen LogP contribution in [0.25, 0.3) is 21.0 Å². The first-order chi connectivity index (χ1) is 14.0. The molecule has 0 aliphatic carbocycles. The fourth-order valence-electron chi connectivity index (χ4n) is 3.44. The van der Waals surface area contributed by atoms with Crippen molar-refractivity contribution in [2.24, 2.45) is 0 Å². The van der Waals surface area contributed by atoms with Crippen molar-refractivity contribution in [3.05, 3.63) is 71.8 Å². The van der Waals surface area contributed by atoms with E-state index in [4.69, 9.17) is 4.98 Å². The van der Waals surface area contributed by atoms with Crippen LogP contribution in [0.15, 0.2) is 60.7 Å². The van der Waals surface area contributed by atoms with Crippen molar-refractivity contribution >= 4 is 55.8 Å². The zero-order valence-corrected chi connectivity index (χ0v) is 19.1. The Kier molecular flexibility index (Phi) is 7.08. The predicted octanol–water partition coefficient (Wildman–Crippen LogP) is 5.78. The molecule has 3 aromatic carbocycles. The van der Waals surface area contributed by atoms with Crippen LogP contribution in [-0.4, -0.2) is 43.0 Å². The number of hydrogen-bond acceptors (Lipinski definition) is 4. The van der Waals surface area contributed by atoms with Gasteiger partial charge < -0.3 is 4.90 Å². The molecule has 4 aromatic rings. The maximum absolute atomic E-state index is 13.5. The van der Waals surface area contributed by atoms with Crippen LogP contribution < -0.4 is 4.90 Å². The average molecular weight is 440 g/mol. The minimum atomic E-state index is 0. The molecular formula is C24H26ClN3OS. The summed E-state index contributed by atoms with van der Waals surface area (Å²) in [6.45, 7) is 3.64. The SMILES string of the molecule is Cc1ccc2nc(N(CCCN(C)C)C(=O)c3ccc4ccccc4c3)sc2c1.Cl. The third-order valence-corrected chi connectivity index (χ3v) is 6.03. The maximum atomic E-state index is 13.5. The van der Waals surface area contributed by atoms with Gasteiger partial charge in [-0.15, -0.1) is 12.4 Å². The normalized spacial score (nSPS) is 11.1. The molecule has 4 rings (SSSR count). The van der Waals surface area contributed by atoms with Crippen LogP contribution in [-0.2, 0) is 0 Å². The molecule has 0 saturated heterocycles. The largest absolute Gasteiger partial charge is 0.309 e. The quantitative estimate of drug-likeness (QED) is 0.382. The second-order valence-electron chi connectivity index (χ2n) is 7.64. The highest BCUT2D eigenvalue weighted by Crippen LogP contribution is 2.31. The van der Waals surface area contributed by atoms with Crippen molar-refractivity contribution in [3.63, 3.8) is 0 Å². The molecular weight excluding hydrogens is 414 g/mol. The van der Waals surface area contributed by atoms with Crippen LogP contribution in [0.5, 0.6) is 0 Å². The number of benzene rings is 3. The van der Waals surface area contributed by atoms with E-state index in [0.717, 1.165) is 39.1 Å². The lowest BCUT2D eigenvalue weighted by Gasteiger charge is -2.21. The van der Waals surface area contributed by atoms with E-state index in [1.165, 1.54) is 5.56 Å². The monoisotopic (exact) mass is 439 g/mol. The highest BCUT2D eigenvalue weighted by Gasteiger charge is 2.21. The van der Waals surface area contributed by atoms with Crippen molar-refractivity contribution in [3.8, 4) is 0 Å². The molecule has 0 atom stereocenters. The number of nitrogens with zero attached hydrogens (tertiary/aromatic N) is 3. The van der Waals surface area contributed by atoms with E-state index < -0.39 is 0 Å². The number of amides is 1. The zero-order valence-electron chi connectivity index (χ0n) is 17.5. The Morgan fingerprint density at radius 3 is 2.50 bits per heavy atom. The van der Waals surface area contributed by atoms with Crippen molar-refractivity contribution in [1.82, 2.24) is 9.88 Å². The number of fused-ring (bicyclic) bond motifs is 2. The lowest BCUT2D eigenvalue weighted by molar-refractivity contribution is 0.0986. The van der Waals surface area contributed by atoms with E-state index in [0.29, 0.717) is 12.1 Å². The van der Waals surface area contributed by atoms with Gasteiger partial charge in [0.25, 0.3) is 5.91 Å². The van der Waals surface area contributed by atoms with Crippen LogP contribution in [0.1, 0.15) is 22.3 Å². The summed E-state index contributed by atoms with van der Waals surface area (Å²) in [5, 5.41) is 2.98. The molecule has 0 unspecified atom stereocenters. The van der Waals surface area contributed by atoms with E-state index in [-0.39, 0.29) is 18.3 Å². The summed E-state index contributed by atoms with van der Waals surface area (Å²) in [6.07, 6.45) is 0.890. The minimum Gasteiger partial charge on any atom is -0.309 e. The first-order valence-corrected chi connectivity index (χ1v) is 10.7. The number of carbonyl (C=O) groups excluding carboxylic acids is 1. The number of thiazole rings is 1. The van der Waals surface area contributed by atoms with Gasteiger partial charge in [-0.3, -0.25) is 9.69 Å². The van der Waals surface area contributed by atoms with Crippen molar-refractivity contribution in [2.45, 2.75) is 13.3 Å². The second kappa shape index (κ2) is 9.56. The smallest absolute Gasteiger partial charge is 0.260 e. The fourth-order valence-corrected chi connectivity index (χ4v) is 4.53. The Labute approximate surface area is 187 Å². The number of aryl methyl sites for hydroxylation is 1. The Morgan fingerprint density at radius 2 is 1.73 bits per heavy atom. The fraction of sp³-hybridized carbons (Fsp3) is 0.250. The molecule has 156 valence electrons. The van der Waals surface area contributed by atoms with Gasteiger partial charge in [0.2, 0.25) is 0 Å². The van der Waals surface area contributed by atoms with Gasteiger partial charge in [-0.2, -0.15) is 0 Å². The number of halogens is 1. The maximum Gasteiger partial charge on any atom is 0.260 e. The molecule has 6 heteroatoms. The molecule has 1 heterocycles. The van der Waals surface area contributed by atoms with E-state index in [1.807, 2.05) is 47.4 Å². The van der Waals surface area contributed by atoms with Gasteiger partial charge in [-0.25, -0.2) is 4.98 Å². The standard InChI is InChI=1S/C24H25N3OS.ClH/c1-17-9-12-21-22(15-17)29-24(25-21)27(14-6-13-26(2)3)23(28)20-11-10-18-7-4-5-8-19(18)16-20;/h4-5,7-12,15-16H,6,13-14H2,1-3H3;1H. The summed E-state index contributed by atoms with van der Waals surface area (Å²) in [6, 6.07) is 20.3. The summed E-state index contributed by atoms with van der Waals surface area (Å²) in [4.78, 5) is 22.2. The number of aromatic nitrogens is 1. The summed E-state index contributed by atoms with van der Waals surface area (Å²) in [7, 11) is 4.10. The Balaban J connectivity index is 0.00000256. The Hall–Kier alpha value is -2.47. The lowest BCUT2D eigenvalue weighted by Crippen LogP contribution is -2.33. The molecule has 4 nitrogen and oxygen atoms in total. The molecule has 0 aliphatic rings. The van der Waals surface area contributed by atoms with Crippen LogP contribution in [0.3, 0.4) is 0 Å². The second-order valence-corrected chi connectivity index (χ2v) is 8.65. The van der Waals surface area contributed by atoms with Gasteiger partial charge in [-0.1, -0.05) is 47.7 Å². The van der Waals surface area contributed by atoms with Gasteiger partial charge in [0, 0.05) is 12.1 Å². The van der Waals surface area contributed by atoms with E-state index >= 15 is 0 Å². The Morgan fingerprint density at radius 1 is 0.967 bits per heavy atom. The topological polar surface area (TPSA) is 36.4 Å². The molecule has 0 bridgehead atoms. The van der Waals surface area contributed by atoms with Gasteiger partial charge in [0.05, 0.1) is 10.2 Å².